The number of ether oxygens (including phenoxy) is 3. The van der Waals surface area contributed by atoms with E-state index < -0.39 is 0 Å². The third-order valence-electron chi connectivity index (χ3n) is 4.01. The van der Waals surface area contributed by atoms with Crippen molar-refractivity contribution in [2.24, 2.45) is 0 Å². The third kappa shape index (κ3) is 4.09. The van der Waals surface area contributed by atoms with Crippen molar-refractivity contribution in [3.63, 3.8) is 0 Å². The van der Waals surface area contributed by atoms with Gasteiger partial charge in [-0.3, -0.25) is 10.1 Å². The van der Waals surface area contributed by atoms with E-state index in [1.54, 1.807) is 6.07 Å². The number of carbonyl (C=O) groups excluding carboxylic acids is 1. The predicted molar refractivity (Wildman–Crippen MR) is 105 cm³/mol. The average Bonchev–Trinajstić information content (AvgIpc) is 3.10. The summed E-state index contributed by atoms with van der Waals surface area (Å²) in [5, 5.41) is 12.4. The van der Waals surface area contributed by atoms with Crippen LogP contribution in [-0.4, -0.2) is 37.4 Å². The van der Waals surface area contributed by atoms with E-state index in [0.29, 0.717) is 38.3 Å². The molecule has 1 aromatic heterocycles. The Morgan fingerprint density at radius 2 is 1.81 bits per heavy atom. The highest BCUT2D eigenvalue weighted by atomic mass is 79.9. The molecule has 0 radical (unpaired) electrons. The zero-order valence-corrected chi connectivity index (χ0v) is 17.8. The molecule has 0 aliphatic rings. The van der Waals surface area contributed by atoms with Gasteiger partial charge in [-0.05, 0) is 34.8 Å². The second kappa shape index (κ2) is 9.18. The number of anilines is 1. The summed E-state index contributed by atoms with van der Waals surface area (Å²) in [4.78, 5) is 12.7. The fourth-order valence-electron chi connectivity index (χ4n) is 2.54. The van der Waals surface area contributed by atoms with Gasteiger partial charge in [0.15, 0.2) is 11.5 Å². The summed E-state index contributed by atoms with van der Waals surface area (Å²) in [6.45, 7) is 4.22. The first kappa shape index (κ1) is 20.4. The number of rotatable bonds is 8. The highest BCUT2D eigenvalue weighted by Gasteiger charge is 2.24. The van der Waals surface area contributed by atoms with Gasteiger partial charge in [0.1, 0.15) is 5.01 Å². The van der Waals surface area contributed by atoms with Crippen LogP contribution < -0.4 is 19.5 Å². The number of hydrogen-bond acceptors (Lipinski definition) is 7. The summed E-state index contributed by atoms with van der Waals surface area (Å²) in [7, 11) is 4.50. The summed E-state index contributed by atoms with van der Waals surface area (Å²) in [5.74, 6) is 1.19. The van der Waals surface area contributed by atoms with Crippen LogP contribution >= 0.6 is 27.3 Å². The van der Waals surface area contributed by atoms with Crippen molar-refractivity contribution in [3.05, 3.63) is 21.1 Å². The number of halogens is 1. The van der Waals surface area contributed by atoms with Gasteiger partial charge in [0, 0.05) is 5.92 Å². The zero-order chi connectivity index (χ0) is 19.3. The standard InChI is InChI=1S/C17H22BrN3O4S/c1-6-9(7-2)16-20-21-17(26-16)19-15(22)10-8-11(23-3)13(24-4)14(25-5)12(10)18/h8-9H,6-7H2,1-5H3,(H,19,21,22). The van der Waals surface area contributed by atoms with Crippen LogP contribution in [0.5, 0.6) is 17.2 Å². The van der Waals surface area contributed by atoms with Gasteiger partial charge in [-0.15, -0.1) is 10.2 Å². The Morgan fingerprint density at radius 1 is 1.15 bits per heavy atom. The predicted octanol–water partition coefficient (Wildman–Crippen LogP) is 4.48. The molecule has 1 amide bonds. The van der Waals surface area contributed by atoms with Gasteiger partial charge >= 0.3 is 0 Å². The normalized spacial score (nSPS) is 10.7. The Labute approximate surface area is 165 Å². The van der Waals surface area contributed by atoms with Crippen molar-refractivity contribution in [1.29, 1.82) is 0 Å². The maximum Gasteiger partial charge on any atom is 0.258 e. The van der Waals surface area contributed by atoms with E-state index in [2.05, 4.69) is 45.3 Å². The first-order chi connectivity index (χ1) is 12.5. The van der Waals surface area contributed by atoms with Gasteiger partial charge < -0.3 is 14.2 Å². The van der Waals surface area contributed by atoms with Gasteiger partial charge in [0.2, 0.25) is 10.9 Å². The van der Waals surface area contributed by atoms with E-state index in [9.17, 15) is 4.79 Å². The van der Waals surface area contributed by atoms with Crippen LogP contribution in [-0.2, 0) is 0 Å². The number of amides is 1. The number of nitrogens with one attached hydrogen (secondary N) is 1. The lowest BCUT2D eigenvalue weighted by atomic mass is 10.1. The molecule has 2 aromatic rings. The fourth-order valence-corrected chi connectivity index (χ4v) is 4.18. The molecule has 26 heavy (non-hydrogen) atoms. The maximum atomic E-state index is 12.7. The number of methoxy groups -OCH3 is 3. The molecule has 0 aliphatic heterocycles. The molecule has 1 aromatic carbocycles. The van der Waals surface area contributed by atoms with E-state index in [1.807, 2.05) is 0 Å². The molecular formula is C17H22BrN3O4S. The molecule has 0 bridgehead atoms. The molecule has 1 N–H and O–H groups in total. The van der Waals surface area contributed by atoms with Crippen LogP contribution in [0.4, 0.5) is 5.13 Å². The van der Waals surface area contributed by atoms with E-state index >= 15 is 0 Å². The van der Waals surface area contributed by atoms with Gasteiger partial charge in [-0.1, -0.05) is 25.2 Å². The largest absolute Gasteiger partial charge is 0.493 e. The van der Waals surface area contributed by atoms with Gasteiger partial charge in [0.25, 0.3) is 5.91 Å². The third-order valence-corrected chi connectivity index (χ3v) is 5.80. The van der Waals surface area contributed by atoms with Crippen LogP contribution in [0.1, 0.15) is 48.0 Å². The second-order valence-corrected chi connectivity index (χ2v) is 7.22. The van der Waals surface area contributed by atoms with Crippen LogP contribution in [0, 0.1) is 0 Å². The molecule has 0 saturated carbocycles. The van der Waals surface area contributed by atoms with Crippen molar-refractivity contribution in [2.75, 3.05) is 26.6 Å². The smallest absolute Gasteiger partial charge is 0.258 e. The first-order valence-corrected chi connectivity index (χ1v) is 9.74. The van der Waals surface area contributed by atoms with Crippen LogP contribution in [0.15, 0.2) is 10.5 Å². The summed E-state index contributed by atoms with van der Waals surface area (Å²) < 4.78 is 16.5. The fraction of sp³-hybridized carbons (Fsp3) is 0.471. The molecule has 0 atom stereocenters. The van der Waals surface area contributed by atoms with Crippen LogP contribution in [0.25, 0.3) is 0 Å². The molecule has 0 spiro atoms. The Hall–Kier alpha value is -1.87. The van der Waals surface area contributed by atoms with E-state index in [-0.39, 0.29) is 5.91 Å². The van der Waals surface area contributed by atoms with Crippen molar-refractivity contribution in [2.45, 2.75) is 32.6 Å². The maximum absolute atomic E-state index is 12.7. The topological polar surface area (TPSA) is 82.6 Å². The van der Waals surface area contributed by atoms with Crippen molar-refractivity contribution < 1.29 is 19.0 Å². The SMILES string of the molecule is CCC(CC)c1nnc(NC(=O)c2cc(OC)c(OC)c(OC)c2Br)s1. The highest BCUT2D eigenvalue weighted by Crippen LogP contribution is 2.45. The molecule has 0 aliphatic carbocycles. The van der Waals surface area contributed by atoms with Crippen molar-refractivity contribution >= 4 is 38.3 Å². The van der Waals surface area contributed by atoms with E-state index in [1.165, 1.54) is 32.7 Å². The monoisotopic (exact) mass is 443 g/mol. The average molecular weight is 444 g/mol. The summed E-state index contributed by atoms with van der Waals surface area (Å²) in [6.07, 6.45) is 1.97. The second-order valence-electron chi connectivity index (χ2n) is 5.42. The van der Waals surface area contributed by atoms with E-state index in [4.69, 9.17) is 14.2 Å². The van der Waals surface area contributed by atoms with Crippen LogP contribution in [0.2, 0.25) is 0 Å². The molecule has 2 rings (SSSR count). The Kier molecular flexibility index (Phi) is 7.22. The minimum absolute atomic E-state index is 0.344. The van der Waals surface area contributed by atoms with Gasteiger partial charge in [0.05, 0.1) is 31.4 Å². The quantitative estimate of drug-likeness (QED) is 0.647. The molecule has 7 nitrogen and oxygen atoms in total. The van der Waals surface area contributed by atoms with Gasteiger partial charge in [-0.2, -0.15) is 0 Å². The van der Waals surface area contributed by atoms with Crippen LogP contribution in [0.3, 0.4) is 0 Å². The number of benzene rings is 1. The summed E-state index contributed by atoms with van der Waals surface area (Å²) in [6, 6.07) is 1.59. The molecular weight excluding hydrogens is 422 g/mol. The zero-order valence-electron chi connectivity index (χ0n) is 15.4. The lowest BCUT2D eigenvalue weighted by molar-refractivity contribution is 0.102. The number of aromatic nitrogens is 2. The number of nitrogens with zero attached hydrogens (tertiary/aromatic N) is 2. The molecule has 142 valence electrons. The number of carbonyl (C=O) groups is 1. The minimum Gasteiger partial charge on any atom is -0.493 e. The Balaban J connectivity index is 2.33. The van der Waals surface area contributed by atoms with Crippen molar-refractivity contribution in [1.82, 2.24) is 10.2 Å². The lowest BCUT2D eigenvalue weighted by Gasteiger charge is -2.16. The molecule has 0 saturated heterocycles. The molecule has 0 unspecified atom stereocenters. The molecule has 1 heterocycles. The summed E-state index contributed by atoms with van der Waals surface area (Å²) >= 11 is 4.80. The first-order valence-electron chi connectivity index (χ1n) is 8.13. The summed E-state index contributed by atoms with van der Waals surface area (Å²) in [5.41, 5.74) is 0.346. The number of hydrogen-bond donors (Lipinski definition) is 1. The lowest BCUT2D eigenvalue weighted by Crippen LogP contribution is -2.13. The van der Waals surface area contributed by atoms with Gasteiger partial charge in [-0.25, -0.2) is 0 Å². The Bertz CT molecular complexity index is 778. The Morgan fingerprint density at radius 3 is 2.35 bits per heavy atom. The van der Waals surface area contributed by atoms with Crippen molar-refractivity contribution in [3.8, 4) is 17.2 Å². The molecule has 0 fully saturated rings. The minimum atomic E-state index is -0.344. The molecule has 9 heteroatoms. The highest BCUT2D eigenvalue weighted by molar-refractivity contribution is 9.10. The van der Waals surface area contributed by atoms with E-state index in [0.717, 1.165) is 17.8 Å².